The van der Waals surface area contributed by atoms with Crippen LogP contribution in [0.15, 0.2) is 65.5 Å². The summed E-state index contributed by atoms with van der Waals surface area (Å²) in [7, 11) is 0. The molecule has 0 saturated heterocycles. The van der Waals surface area contributed by atoms with Crippen molar-refractivity contribution in [1.82, 2.24) is 35.7 Å². The summed E-state index contributed by atoms with van der Waals surface area (Å²) in [5.74, 6) is -3.50. The smallest absolute Gasteiger partial charge is 0.343 e. The molecule has 0 bridgehead atoms. The highest BCUT2D eigenvalue weighted by Crippen LogP contribution is 2.43. The zero-order valence-electron chi connectivity index (χ0n) is 37.2. The molecule has 350 valence electrons. The minimum Gasteiger partial charge on any atom is -0.458 e. The van der Waals surface area contributed by atoms with E-state index in [4.69, 9.17) is 9.72 Å². The molecule has 3 aliphatic heterocycles. The van der Waals surface area contributed by atoms with Crippen LogP contribution < -0.4 is 26.8 Å². The zero-order chi connectivity index (χ0) is 47.4. The second-order valence-electron chi connectivity index (χ2n) is 17.4. The molecule has 1 aliphatic carbocycles. The maximum Gasteiger partial charge on any atom is 0.343 e. The predicted molar refractivity (Wildman–Crippen MR) is 242 cm³/mol. The lowest BCUT2D eigenvalue weighted by Gasteiger charge is -2.31. The van der Waals surface area contributed by atoms with Crippen molar-refractivity contribution < 1.29 is 48.5 Å². The standard InChI is InChI=1S/C49H53N7O11/c1-2-49(66)35-22-38-45-33(26-56(38)47(64)34(35)27-67-48(49)65)32-13-9-12-31-29(15-16-36(54-45)44(31)32)21-30(57)23-52-46(63)37(20-28-10-5-3-6-11-28)53-41(60)25-51-40(59)24-50-39(58)14-7-4-8-19-55-42(61)17-18-43(55)62/h3,5-6,10-11,15-18,22,37,42,61,66H,2,4,7-9,12-14,19-21,23-27H2,1H3,(H,50,58)(H,51,59)(H,52,63)(H,53,60)/t37?,42?,49-/m0/s1. The average Bonchev–Trinajstić information content (AvgIpc) is 3.86. The number of aliphatic hydroxyl groups excluding tert-OH is 1. The van der Waals surface area contributed by atoms with Gasteiger partial charge in [0, 0.05) is 48.4 Å². The van der Waals surface area contributed by atoms with Gasteiger partial charge in [0.25, 0.3) is 5.56 Å². The number of esters is 1. The number of hydrogen-bond donors (Lipinski definition) is 6. The Hall–Kier alpha value is -7.05. The van der Waals surface area contributed by atoms with E-state index < -0.39 is 48.1 Å². The van der Waals surface area contributed by atoms with Crippen molar-refractivity contribution in [3.8, 4) is 11.4 Å². The number of hydrogen-bond acceptors (Lipinski definition) is 12. The van der Waals surface area contributed by atoms with Crippen molar-refractivity contribution in [1.29, 1.82) is 0 Å². The fraction of sp³-hybridized carbons (Fsp3) is 0.408. The number of aliphatic hydroxyl groups is 2. The molecule has 18 nitrogen and oxygen atoms in total. The Kier molecular flexibility index (Phi) is 13.7. The molecule has 2 unspecified atom stereocenters. The van der Waals surface area contributed by atoms with E-state index in [1.807, 2.05) is 18.2 Å². The van der Waals surface area contributed by atoms with Crippen LogP contribution >= 0.6 is 0 Å². The number of benzene rings is 2. The summed E-state index contributed by atoms with van der Waals surface area (Å²) in [5, 5.41) is 32.3. The molecule has 0 spiro atoms. The zero-order valence-corrected chi connectivity index (χ0v) is 37.2. The molecule has 0 fully saturated rings. The Morgan fingerprint density at radius 2 is 1.64 bits per heavy atom. The second-order valence-corrected chi connectivity index (χ2v) is 17.4. The summed E-state index contributed by atoms with van der Waals surface area (Å²) in [6.07, 6.45) is 6.12. The molecule has 4 aromatic rings. The highest BCUT2D eigenvalue weighted by molar-refractivity contribution is 5.96. The molecular weight excluding hydrogens is 863 g/mol. The van der Waals surface area contributed by atoms with Gasteiger partial charge in [0.15, 0.2) is 11.4 Å². The molecule has 6 N–H and O–H groups in total. The number of aryl methyl sites for hydroxylation is 2. The SMILES string of the molecule is CC[C@@]1(O)C(=O)OCc2c1cc1n(c2=O)Cc2c-1nc1ccc(CC(=O)CNC(=O)C(Cc3ccccc3)NC(=O)CNC(=O)CNC(=O)CCCCCN3C(=O)C=CC3O)c3c1c2CCC3. The van der Waals surface area contributed by atoms with Crippen LogP contribution in [0.5, 0.6) is 0 Å². The molecule has 18 heteroatoms. The largest absolute Gasteiger partial charge is 0.458 e. The maximum atomic E-state index is 13.8. The van der Waals surface area contributed by atoms with Gasteiger partial charge in [-0.15, -0.1) is 0 Å². The number of pyridine rings is 2. The Morgan fingerprint density at radius 3 is 2.40 bits per heavy atom. The fourth-order valence-electron chi connectivity index (χ4n) is 9.43. The molecule has 5 amide bonds. The third kappa shape index (κ3) is 9.76. The van der Waals surface area contributed by atoms with Crippen LogP contribution in [-0.4, -0.2) is 104 Å². The van der Waals surface area contributed by atoms with Gasteiger partial charge in [0.05, 0.1) is 48.6 Å². The molecule has 2 aromatic carbocycles. The van der Waals surface area contributed by atoms with E-state index >= 15 is 0 Å². The number of fused-ring (bicyclic) bond motifs is 5. The highest BCUT2D eigenvalue weighted by Gasteiger charge is 2.45. The maximum absolute atomic E-state index is 13.8. The van der Waals surface area contributed by atoms with Gasteiger partial charge in [0.2, 0.25) is 29.5 Å². The lowest BCUT2D eigenvalue weighted by atomic mass is 9.83. The number of carbonyl (C=O) groups is 7. The molecule has 4 aliphatic rings. The minimum absolute atomic E-state index is 0.0280. The number of ether oxygens (including phenoxy) is 1. The fourth-order valence-corrected chi connectivity index (χ4v) is 9.43. The second kappa shape index (κ2) is 19.8. The van der Waals surface area contributed by atoms with Gasteiger partial charge in [-0.3, -0.25) is 33.6 Å². The van der Waals surface area contributed by atoms with Gasteiger partial charge in [0.1, 0.15) is 18.9 Å². The Bertz CT molecular complexity index is 2770. The third-order valence-corrected chi connectivity index (χ3v) is 13.0. The van der Waals surface area contributed by atoms with Crippen molar-refractivity contribution in [2.45, 2.75) is 102 Å². The summed E-state index contributed by atoms with van der Waals surface area (Å²) in [6, 6.07) is 13.3. The number of rotatable bonds is 19. The van der Waals surface area contributed by atoms with Crippen LogP contribution in [0.25, 0.3) is 22.3 Å². The first kappa shape index (κ1) is 46.5. The number of Topliss-reactive ketones (excluding diaryl/α,β-unsaturated/α-hetero) is 1. The van der Waals surface area contributed by atoms with Crippen LogP contribution in [0, 0.1) is 0 Å². The number of nitrogens with zero attached hydrogens (tertiary/aromatic N) is 3. The lowest BCUT2D eigenvalue weighted by molar-refractivity contribution is -0.172. The summed E-state index contributed by atoms with van der Waals surface area (Å²) in [6.45, 7) is 0.952. The number of carbonyl (C=O) groups excluding carboxylic acids is 7. The summed E-state index contributed by atoms with van der Waals surface area (Å²) in [4.78, 5) is 109. The topological polar surface area (TPSA) is 255 Å². The molecule has 3 atom stereocenters. The Morgan fingerprint density at radius 1 is 0.881 bits per heavy atom. The van der Waals surface area contributed by atoms with Crippen LogP contribution in [-0.2, 0) is 82.7 Å². The monoisotopic (exact) mass is 915 g/mol. The first-order valence-corrected chi connectivity index (χ1v) is 22.7. The molecule has 67 heavy (non-hydrogen) atoms. The Balaban J connectivity index is 0.858. The normalized spacial score (nSPS) is 18.1. The van der Waals surface area contributed by atoms with E-state index in [1.165, 1.54) is 17.1 Å². The Labute approximate surface area is 385 Å². The van der Waals surface area contributed by atoms with Gasteiger partial charge in [-0.2, -0.15) is 0 Å². The van der Waals surface area contributed by atoms with Crippen LogP contribution in [0.4, 0.5) is 0 Å². The summed E-state index contributed by atoms with van der Waals surface area (Å²) >= 11 is 0. The first-order valence-electron chi connectivity index (χ1n) is 22.7. The highest BCUT2D eigenvalue weighted by atomic mass is 16.6. The molecule has 5 heterocycles. The number of nitrogens with one attached hydrogen (secondary N) is 4. The van der Waals surface area contributed by atoms with Crippen molar-refractivity contribution in [2.75, 3.05) is 26.2 Å². The van der Waals surface area contributed by atoms with Gasteiger partial charge >= 0.3 is 5.97 Å². The third-order valence-electron chi connectivity index (χ3n) is 13.0. The van der Waals surface area contributed by atoms with E-state index in [9.17, 15) is 48.6 Å². The molecule has 0 radical (unpaired) electrons. The first-order chi connectivity index (χ1) is 32.2. The molecule has 0 saturated carbocycles. The van der Waals surface area contributed by atoms with Gasteiger partial charge < -0.3 is 45.7 Å². The lowest BCUT2D eigenvalue weighted by Crippen LogP contribution is -2.51. The van der Waals surface area contributed by atoms with E-state index in [-0.39, 0.29) is 86.2 Å². The molecule has 2 aromatic heterocycles. The number of aromatic nitrogens is 2. The van der Waals surface area contributed by atoms with Crippen LogP contribution in [0.1, 0.15) is 84.4 Å². The number of cyclic esters (lactones) is 1. The van der Waals surface area contributed by atoms with Crippen molar-refractivity contribution in [2.24, 2.45) is 0 Å². The van der Waals surface area contributed by atoms with E-state index in [2.05, 4.69) is 21.3 Å². The quantitative estimate of drug-likeness (QED) is 0.0502. The van der Waals surface area contributed by atoms with Crippen LogP contribution in [0.3, 0.4) is 0 Å². The van der Waals surface area contributed by atoms with Gasteiger partial charge in [-0.25, -0.2) is 9.78 Å². The molecule has 8 rings (SSSR count). The van der Waals surface area contributed by atoms with E-state index in [0.29, 0.717) is 49.1 Å². The summed E-state index contributed by atoms with van der Waals surface area (Å²) < 4.78 is 6.84. The van der Waals surface area contributed by atoms with Gasteiger partial charge in [-0.1, -0.05) is 49.7 Å². The number of amides is 5. The summed E-state index contributed by atoms with van der Waals surface area (Å²) in [5.41, 5.74) is 4.55. The van der Waals surface area contributed by atoms with Crippen LogP contribution in [0.2, 0.25) is 0 Å². The number of ketones is 1. The predicted octanol–water partition coefficient (Wildman–Crippen LogP) is 1.03. The van der Waals surface area contributed by atoms with E-state index in [0.717, 1.165) is 46.0 Å². The van der Waals surface area contributed by atoms with E-state index in [1.54, 1.807) is 41.8 Å². The average molecular weight is 916 g/mol. The minimum atomic E-state index is -1.93. The number of unbranched alkanes of at least 4 members (excludes halogenated alkanes) is 2. The van der Waals surface area contributed by atoms with Crippen molar-refractivity contribution in [3.05, 3.63) is 110 Å². The van der Waals surface area contributed by atoms with Gasteiger partial charge in [-0.05, 0) is 79.0 Å². The molecular formula is C49H53N7O11. The van der Waals surface area contributed by atoms with Crippen molar-refractivity contribution in [3.63, 3.8) is 0 Å². The van der Waals surface area contributed by atoms with Crippen molar-refractivity contribution >= 4 is 52.2 Å².